The van der Waals surface area contributed by atoms with Crippen LogP contribution in [0.2, 0.25) is 0 Å². The van der Waals surface area contributed by atoms with Gasteiger partial charge >= 0.3 is 0 Å². The molecule has 0 saturated carbocycles. The Bertz CT molecular complexity index is 585. The second-order valence-corrected chi connectivity index (χ2v) is 5.47. The lowest BCUT2D eigenvalue weighted by Crippen LogP contribution is -2.36. The van der Waals surface area contributed by atoms with Crippen LogP contribution in [-0.2, 0) is 12.0 Å². The number of hydrogen-bond donors (Lipinski definition) is 1. The third-order valence-corrected chi connectivity index (χ3v) is 4.10. The first kappa shape index (κ1) is 14.7. The maximum absolute atomic E-state index is 6.28. The van der Waals surface area contributed by atoms with Gasteiger partial charge in [0.1, 0.15) is 0 Å². The number of benzene rings is 1. The summed E-state index contributed by atoms with van der Waals surface area (Å²) in [5.74, 6) is 1.24. The maximum Gasteiger partial charge on any atom is 0.231 e. The Balaban J connectivity index is 2.19. The van der Waals surface area contributed by atoms with Crippen LogP contribution in [0.4, 0.5) is 0 Å². The van der Waals surface area contributed by atoms with Gasteiger partial charge in [-0.3, -0.25) is 0 Å². The molecule has 108 valence electrons. The number of hydrogen-bond acceptors (Lipinski definition) is 4. The van der Waals surface area contributed by atoms with Gasteiger partial charge in [-0.2, -0.15) is 4.98 Å². The van der Waals surface area contributed by atoms with E-state index in [1.54, 1.807) is 0 Å². The first-order valence-corrected chi connectivity index (χ1v) is 7.16. The highest BCUT2D eigenvalue weighted by molar-refractivity contribution is 5.31. The van der Waals surface area contributed by atoms with Crippen LogP contribution in [0.25, 0.3) is 0 Å². The molecule has 0 amide bonds. The molecule has 0 saturated heterocycles. The molecule has 20 heavy (non-hydrogen) atoms. The summed E-state index contributed by atoms with van der Waals surface area (Å²) in [7, 11) is 0. The molecule has 0 unspecified atom stereocenters. The van der Waals surface area contributed by atoms with Gasteiger partial charge < -0.3 is 10.3 Å². The molecule has 0 aliphatic heterocycles. The highest BCUT2D eigenvalue weighted by Crippen LogP contribution is 2.23. The standard InChI is InChI=1S/C16H23N3O/c1-5-16(17,6-2)15-18-14(20-19-15)10-13-8-7-11(3)12(4)9-13/h7-9H,5-6,10,17H2,1-4H3. The van der Waals surface area contributed by atoms with E-state index in [1.807, 2.05) is 13.8 Å². The molecule has 2 rings (SSSR count). The summed E-state index contributed by atoms with van der Waals surface area (Å²) in [6.07, 6.45) is 2.25. The first-order valence-electron chi connectivity index (χ1n) is 7.16. The number of aromatic nitrogens is 2. The average molecular weight is 273 g/mol. The van der Waals surface area contributed by atoms with Gasteiger partial charge in [0, 0.05) is 0 Å². The zero-order valence-corrected chi connectivity index (χ0v) is 12.7. The van der Waals surface area contributed by atoms with Crippen molar-refractivity contribution in [3.8, 4) is 0 Å². The quantitative estimate of drug-likeness (QED) is 0.908. The third kappa shape index (κ3) is 2.90. The molecular weight excluding hydrogens is 250 g/mol. The van der Waals surface area contributed by atoms with Crippen LogP contribution >= 0.6 is 0 Å². The minimum Gasteiger partial charge on any atom is -0.339 e. The van der Waals surface area contributed by atoms with E-state index in [2.05, 4.69) is 42.2 Å². The zero-order valence-electron chi connectivity index (χ0n) is 12.7. The predicted molar refractivity (Wildman–Crippen MR) is 79.5 cm³/mol. The van der Waals surface area contributed by atoms with Gasteiger partial charge in [-0.1, -0.05) is 37.2 Å². The molecule has 0 fully saturated rings. The topological polar surface area (TPSA) is 64.9 Å². The fourth-order valence-corrected chi connectivity index (χ4v) is 2.18. The number of nitrogens with two attached hydrogens (primary N) is 1. The maximum atomic E-state index is 6.28. The van der Waals surface area contributed by atoms with Crippen molar-refractivity contribution < 1.29 is 4.52 Å². The molecule has 0 bridgehead atoms. The van der Waals surface area contributed by atoms with E-state index >= 15 is 0 Å². The minimum absolute atomic E-state index is 0.481. The zero-order chi connectivity index (χ0) is 14.8. The lowest BCUT2D eigenvalue weighted by atomic mass is 9.93. The van der Waals surface area contributed by atoms with Crippen molar-refractivity contribution in [1.29, 1.82) is 0 Å². The molecule has 0 atom stereocenters. The molecule has 1 aromatic heterocycles. The van der Waals surface area contributed by atoms with E-state index < -0.39 is 5.54 Å². The Morgan fingerprint density at radius 3 is 2.45 bits per heavy atom. The van der Waals surface area contributed by atoms with Crippen LogP contribution in [0, 0.1) is 13.8 Å². The van der Waals surface area contributed by atoms with Crippen molar-refractivity contribution >= 4 is 0 Å². The molecule has 0 radical (unpaired) electrons. The second kappa shape index (κ2) is 5.75. The Morgan fingerprint density at radius 1 is 1.15 bits per heavy atom. The molecule has 1 aromatic carbocycles. The van der Waals surface area contributed by atoms with Crippen LogP contribution in [0.15, 0.2) is 22.7 Å². The third-order valence-electron chi connectivity index (χ3n) is 4.10. The van der Waals surface area contributed by atoms with Crippen molar-refractivity contribution in [2.75, 3.05) is 0 Å². The van der Waals surface area contributed by atoms with Crippen molar-refractivity contribution in [2.45, 2.75) is 52.5 Å². The van der Waals surface area contributed by atoms with E-state index in [4.69, 9.17) is 10.3 Å². The Hall–Kier alpha value is -1.68. The molecule has 4 heteroatoms. The Morgan fingerprint density at radius 2 is 1.85 bits per heavy atom. The Labute approximate surface area is 120 Å². The summed E-state index contributed by atoms with van der Waals surface area (Å²) < 4.78 is 5.35. The smallest absolute Gasteiger partial charge is 0.231 e. The fourth-order valence-electron chi connectivity index (χ4n) is 2.18. The minimum atomic E-state index is -0.481. The van der Waals surface area contributed by atoms with Crippen LogP contribution in [0.5, 0.6) is 0 Å². The summed E-state index contributed by atoms with van der Waals surface area (Å²) in [6, 6.07) is 6.38. The number of aryl methyl sites for hydroxylation is 2. The molecular formula is C16H23N3O. The van der Waals surface area contributed by atoms with Gasteiger partial charge in [0.15, 0.2) is 5.82 Å². The van der Waals surface area contributed by atoms with E-state index in [9.17, 15) is 0 Å². The van der Waals surface area contributed by atoms with E-state index in [1.165, 1.54) is 16.7 Å². The normalized spacial score (nSPS) is 11.8. The summed E-state index contributed by atoms with van der Waals surface area (Å²) in [4.78, 5) is 4.47. The Kier molecular flexibility index (Phi) is 4.23. The lowest BCUT2D eigenvalue weighted by molar-refractivity contribution is 0.337. The monoisotopic (exact) mass is 273 g/mol. The van der Waals surface area contributed by atoms with E-state index in [-0.39, 0.29) is 0 Å². The van der Waals surface area contributed by atoms with Crippen LogP contribution in [0.1, 0.15) is 55.1 Å². The summed E-state index contributed by atoms with van der Waals surface area (Å²) >= 11 is 0. The van der Waals surface area contributed by atoms with Crippen molar-refractivity contribution in [3.63, 3.8) is 0 Å². The number of nitrogens with zero attached hydrogens (tertiary/aromatic N) is 2. The summed E-state index contributed by atoms with van der Waals surface area (Å²) in [6.45, 7) is 8.30. The van der Waals surface area contributed by atoms with Crippen LogP contribution in [0.3, 0.4) is 0 Å². The molecule has 0 aliphatic carbocycles. The molecule has 1 heterocycles. The lowest BCUT2D eigenvalue weighted by Gasteiger charge is -2.21. The van der Waals surface area contributed by atoms with Crippen molar-refractivity contribution in [2.24, 2.45) is 5.73 Å². The van der Waals surface area contributed by atoms with Gasteiger partial charge in [0.2, 0.25) is 5.89 Å². The highest BCUT2D eigenvalue weighted by atomic mass is 16.5. The fraction of sp³-hybridized carbons (Fsp3) is 0.500. The van der Waals surface area contributed by atoms with Gasteiger partial charge in [-0.15, -0.1) is 0 Å². The van der Waals surface area contributed by atoms with Gasteiger partial charge in [-0.05, 0) is 43.4 Å². The molecule has 4 nitrogen and oxygen atoms in total. The van der Waals surface area contributed by atoms with Gasteiger partial charge in [0.25, 0.3) is 0 Å². The highest BCUT2D eigenvalue weighted by Gasteiger charge is 2.28. The van der Waals surface area contributed by atoms with E-state index in [0.29, 0.717) is 18.1 Å². The SMILES string of the molecule is CCC(N)(CC)c1noc(Cc2ccc(C)c(C)c2)n1. The predicted octanol–water partition coefficient (Wildman–Crippen LogP) is 3.25. The summed E-state index contributed by atoms with van der Waals surface area (Å²) in [5, 5.41) is 4.05. The molecule has 0 aliphatic rings. The van der Waals surface area contributed by atoms with E-state index in [0.717, 1.165) is 12.8 Å². The molecule has 0 spiro atoms. The second-order valence-electron chi connectivity index (χ2n) is 5.47. The van der Waals surface area contributed by atoms with Crippen LogP contribution < -0.4 is 5.73 Å². The van der Waals surface area contributed by atoms with Gasteiger partial charge in [-0.25, -0.2) is 0 Å². The van der Waals surface area contributed by atoms with Gasteiger partial charge in [0.05, 0.1) is 12.0 Å². The largest absolute Gasteiger partial charge is 0.339 e. The summed E-state index contributed by atoms with van der Waals surface area (Å²) in [5.41, 5.74) is 9.55. The molecule has 2 aromatic rings. The average Bonchev–Trinajstić information content (AvgIpc) is 2.91. The van der Waals surface area contributed by atoms with Crippen LogP contribution in [-0.4, -0.2) is 10.1 Å². The van der Waals surface area contributed by atoms with Crippen molar-refractivity contribution in [3.05, 3.63) is 46.6 Å². The number of rotatable bonds is 5. The molecule has 2 N–H and O–H groups in total. The first-order chi connectivity index (χ1) is 9.48. The van der Waals surface area contributed by atoms with Crippen molar-refractivity contribution in [1.82, 2.24) is 10.1 Å².